The molecule has 9 heteroatoms. The van der Waals surface area contributed by atoms with Crippen molar-refractivity contribution in [1.82, 2.24) is 0 Å². The van der Waals surface area contributed by atoms with E-state index in [2.05, 4.69) is 59.2 Å². The second kappa shape index (κ2) is 15.1. The van der Waals surface area contributed by atoms with Crippen LogP contribution in [0.25, 0.3) is 0 Å². The van der Waals surface area contributed by atoms with E-state index in [0.29, 0.717) is 12.8 Å². The third-order valence-corrected chi connectivity index (χ3v) is 1.88. The largest absolute Gasteiger partial charge is 2.00 e. The Labute approximate surface area is 160 Å². The van der Waals surface area contributed by atoms with Crippen molar-refractivity contribution in [3.63, 3.8) is 0 Å². The van der Waals surface area contributed by atoms with Crippen LogP contribution in [0.4, 0.5) is 0 Å². The maximum Gasteiger partial charge on any atom is 2.00 e. The van der Waals surface area contributed by atoms with E-state index in [-0.39, 0.29) is 52.0 Å². The molecule has 0 unspecified atom stereocenters. The molecule has 0 fully saturated rings. The Morgan fingerprint density at radius 1 is 0.857 bits per heavy atom. The number of carbonyl (C=O) groups excluding carboxylic acids is 2. The summed E-state index contributed by atoms with van der Waals surface area (Å²) in [7, 11) is 0. The Balaban J connectivity index is -0.000000295. The smallest absolute Gasteiger partial charge is 0.447 e. The quantitative estimate of drug-likeness (QED) is 0.298. The van der Waals surface area contributed by atoms with Crippen LogP contribution in [-0.2, 0) is 63.8 Å². The van der Waals surface area contributed by atoms with Crippen LogP contribution < -0.4 is 0 Å². The molecule has 0 saturated carbocycles. The monoisotopic (exact) mass is 418 g/mol. The average molecular weight is 420 g/mol. The summed E-state index contributed by atoms with van der Waals surface area (Å²) in [6.45, 7) is 7.70. The van der Waals surface area contributed by atoms with Gasteiger partial charge >= 0.3 is 31.4 Å². The zero-order valence-electron chi connectivity index (χ0n) is 12.5. The summed E-state index contributed by atoms with van der Waals surface area (Å²) in [4.78, 5) is 21.4. The Morgan fingerprint density at radius 3 is 1.24 bits per heavy atom. The van der Waals surface area contributed by atoms with E-state index >= 15 is 0 Å². The molecule has 0 radical (unpaired) electrons. The van der Waals surface area contributed by atoms with E-state index in [1.54, 1.807) is 0 Å². The fourth-order valence-corrected chi connectivity index (χ4v) is 1.31. The Bertz CT molecular complexity index is 325. The fraction of sp³-hybridized carbons (Fsp3) is 0.667. The van der Waals surface area contributed by atoms with E-state index in [0.717, 1.165) is 0 Å². The van der Waals surface area contributed by atoms with E-state index in [1.165, 1.54) is 0 Å². The molecular formula is C12H18O4S4Zn. The number of hydrogen-bond donors (Lipinski definition) is 0. The zero-order valence-corrected chi connectivity index (χ0v) is 18.8. The number of carbonyl (C=O) groups is 2. The van der Waals surface area contributed by atoms with E-state index in [4.69, 9.17) is 0 Å². The average Bonchev–Trinajstić information content (AvgIpc) is 2.11. The Morgan fingerprint density at radius 2 is 1.10 bits per heavy atom. The van der Waals surface area contributed by atoms with Crippen molar-refractivity contribution in [3.8, 4) is 0 Å². The summed E-state index contributed by atoms with van der Waals surface area (Å²) in [5.74, 6) is -0.0984. The summed E-state index contributed by atoms with van der Waals surface area (Å²) < 4.78 is 8.70. The van der Waals surface area contributed by atoms with Gasteiger partial charge in [-0.05, 0) is 11.8 Å². The van der Waals surface area contributed by atoms with Crippen molar-refractivity contribution in [2.75, 3.05) is 0 Å². The summed E-state index contributed by atoms with van der Waals surface area (Å²) in [6.07, 6.45) is 0.744. The number of thiocarbonyl (C=S) groups is 2. The van der Waals surface area contributed by atoms with Gasteiger partial charge in [0.05, 0.1) is 0 Å². The van der Waals surface area contributed by atoms with Gasteiger partial charge < -0.3 is 59.2 Å². The van der Waals surface area contributed by atoms with Crippen molar-refractivity contribution < 1.29 is 38.5 Å². The number of ether oxygens (including phenoxy) is 2. The van der Waals surface area contributed by atoms with Crippen LogP contribution in [0.1, 0.15) is 40.5 Å². The molecule has 0 aliphatic carbocycles. The van der Waals surface area contributed by atoms with Crippen LogP contribution in [0.3, 0.4) is 0 Å². The second-order valence-electron chi connectivity index (χ2n) is 4.64. The van der Waals surface area contributed by atoms with Gasteiger partial charge in [-0.25, -0.2) is 0 Å². The standard InChI is InChI=1S/2C6H10O2S2.Zn/c2*1-4(2)3-5(7)8-6(9)10;/h2*4H,3H2,1-2H3,(H,9,10);/q;;+2/p-2. The van der Waals surface area contributed by atoms with Crippen molar-refractivity contribution in [3.05, 3.63) is 0 Å². The molecule has 0 amide bonds. The molecule has 0 aliphatic heterocycles. The van der Waals surface area contributed by atoms with Crippen molar-refractivity contribution in [2.24, 2.45) is 11.8 Å². The Kier molecular flexibility index (Phi) is 18.8. The van der Waals surface area contributed by atoms with Gasteiger partial charge in [-0.3, -0.25) is 9.59 Å². The van der Waals surface area contributed by atoms with Crippen molar-refractivity contribution >= 4 is 70.4 Å². The van der Waals surface area contributed by atoms with Gasteiger partial charge in [0.1, 0.15) is 0 Å². The van der Waals surface area contributed by atoms with Gasteiger partial charge in [-0.15, -0.1) is 0 Å². The molecule has 0 bridgehead atoms. The molecule has 0 aromatic carbocycles. The number of rotatable bonds is 4. The maximum absolute atomic E-state index is 10.7. The van der Waals surface area contributed by atoms with Crippen LogP contribution >= 0.6 is 24.4 Å². The molecule has 0 saturated heterocycles. The van der Waals surface area contributed by atoms with Gasteiger partial charge in [0.15, 0.2) is 0 Å². The third kappa shape index (κ3) is 25.5. The number of esters is 2. The van der Waals surface area contributed by atoms with Crippen LogP contribution in [0.15, 0.2) is 0 Å². The molecule has 0 aromatic rings. The third-order valence-electron chi connectivity index (χ3n) is 1.54. The molecule has 21 heavy (non-hydrogen) atoms. The van der Waals surface area contributed by atoms with E-state index in [1.807, 2.05) is 27.7 Å². The minimum absolute atomic E-state index is 0. The normalized spacial score (nSPS) is 9.05. The van der Waals surface area contributed by atoms with E-state index in [9.17, 15) is 9.59 Å². The van der Waals surface area contributed by atoms with Gasteiger partial charge in [0.2, 0.25) is 0 Å². The second-order valence-corrected chi connectivity index (χ2v) is 6.64. The summed E-state index contributed by atoms with van der Waals surface area (Å²) in [5, 5.41) is 0. The van der Waals surface area contributed by atoms with Crippen molar-refractivity contribution in [1.29, 1.82) is 0 Å². The minimum Gasteiger partial charge on any atom is -0.447 e. The first-order valence-corrected chi connectivity index (χ1v) is 7.51. The maximum atomic E-state index is 10.7. The van der Waals surface area contributed by atoms with E-state index < -0.39 is 0 Å². The van der Waals surface area contributed by atoms with Gasteiger partial charge in [-0.1, -0.05) is 27.7 Å². The molecule has 0 aliphatic rings. The molecule has 0 spiro atoms. The van der Waals surface area contributed by atoms with Crippen LogP contribution in [0.2, 0.25) is 0 Å². The molecule has 4 nitrogen and oxygen atoms in total. The van der Waals surface area contributed by atoms with Crippen molar-refractivity contribution in [2.45, 2.75) is 40.5 Å². The molecular weight excluding hydrogens is 402 g/mol. The molecule has 116 valence electrons. The summed E-state index contributed by atoms with van der Waals surface area (Å²) in [6, 6.07) is 0. The molecule has 0 atom stereocenters. The van der Waals surface area contributed by atoms with Gasteiger partial charge in [-0.2, -0.15) is 0 Å². The van der Waals surface area contributed by atoms with Crippen LogP contribution in [0, 0.1) is 11.8 Å². The van der Waals surface area contributed by atoms with Gasteiger partial charge in [0, 0.05) is 21.6 Å². The first-order chi connectivity index (χ1) is 9.04. The SMILES string of the molecule is CC(C)CC(=O)OC(=S)[S-].CC(C)CC(=O)OC(=S)[S-].[Zn+2]. The number of hydrogen-bond acceptors (Lipinski definition) is 8. The molecule has 0 N–H and O–H groups in total. The topological polar surface area (TPSA) is 52.6 Å². The predicted molar refractivity (Wildman–Crippen MR) is 91.0 cm³/mol. The Hall–Kier alpha value is 0.183. The molecule has 0 heterocycles. The molecule has 0 rings (SSSR count). The predicted octanol–water partition coefficient (Wildman–Crippen LogP) is 2.81. The zero-order chi connectivity index (χ0) is 16.3. The fourth-order valence-electron chi connectivity index (χ4n) is 0.936. The van der Waals surface area contributed by atoms with Gasteiger partial charge in [0.25, 0.3) is 0 Å². The first kappa shape index (κ1) is 26.1. The summed E-state index contributed by atoms with van der Waals surface area (Å²) >= 11 is 17.6. The van der Waals surface area contributed by atoms with Crippen LogP contribution in [0.5, 0.6) is 0 Å². The minimum atomic E-state index is -0.338. The first-order valence-electron chi connectivity index (χ1n) is 5.87. The van der Waals surface area contributed by atoms with Crippen LogP contribution in [-0.4, -0.2) is 20.7 Å². The molecule has 0 aromatic heterocycles. The summed E-state index contributed by atoms with van der Waals surface area (Å²) in [5.41, 5.74) is 0.